The number of benzene rings is 1. The van der Waals surface area contributed by atoms with Crippen LogP contribution in [0.5, 0.6) is 11.5 Å². The molecule has 2 aliphatic rings. The Bertz CT molecular complexity index is 798. The minimum atomic E-state index is -0.166. The molecular formula is C18H22N4O3. The van der Waals surface area contributed by atoms with Crippen molar-refractivity contribution in [2.24, 2.45) is 7.05 Å². The fraction of sp³-hybridized carbons (Fsp3) is 0.444. The maximum absolute atomic E-state index is 12.5. The lowest BCUT2D eigenvalue weighted by molar-refractivity contribution is 0.174. The summed E-state index contributed by atoms with van der Waals surface area (Å²) < 4.78 is 12.4. The Balaban J connectivity index is 1.39. The van der Waals surface area contributed by atoms with Gasteiger partial charge in [-0.05, 0) is 30.5 Å². The molecule has 0 spiro atoms. The molecule has 1 fully saturated rings. The van der Waals surface area contributed by atoms with E-state index in [4.69, 9.17) is 9.47 Å². The minimum absolute atomic E-state index is 0.166. The van der Waals surface area contributed by atoms with Crippen LogP contribution in [0.25, 0.3) is 0 Å². The number of anilines is 1. The van der Waals surface area contributed by atoms with Gasteiger partial charge in [0.25, 0.3) is 0 Å². The summed E-state index contributed by atoms with van der Waals surface area (Å²) in [7, 11) is 3.62. The van der Waals surface area contributed by atoms with E-state index in [9.17, 15) is 4.79 Å². The molecule has 1 aromatic carbocycles. The van der Waals surface area contributed by atoms with Crippen molar-refractivity contribution in [1.29, 1.82) is 0 Å². The third-order valence-corrected chi connectivity index (χ3v) is 4.86. The van der Waals surface area contributed by atoms with E-state index in [-0.39, 0.29) is 12.8 Å². The zero-order chi connectivity index (χ0) is 17.4. The first kappa shape index (κ1) is 15.8. The predicted molar refractivity (Wildman–Crippen MR) is 92.9 cm³/mol. The summed E-state index contributed by atoms with van der Waals surface area (Å²) >= 11 is 0. The number of nitrogens with zero attached hydrogens (tertiary/aromatic N) is 3. The fourth-order valence-corrected chi connectivity index (χ4v) is 3.10. The number of carbonyl (C=O) groups is 1. The van der Waals surface area contributed by atoms with Gasteiger partial charge in [0.15, 0.2) is 11.5 Å². The maximum Gasteiger partial charge on any atom is 0.323 e. The first-order valence-electron chi connectivity index (χ1n) is 8.55. The number of aryl methyl sites for hydroxylation is 1. The highest BCUT2D eigenvalue weighted by Crippen LogP contribution is 2.36. The summed E-state index contributed by atoms with van der Waals surface area (Å²) in [6.45, 7) is 0.731. The Hall–Kier alpha value is -2.70. The van der Waals surface area contributed by atoms with Crippen LogP contribution >= 0.6 is 0 Å². The van der Waals surface area contributed by atoms with Gasteiger partial charge < -0.3 is 14.4 Å². The van der Waals surface area contributed by atoms with Crippen LogP contribution in [0.1, 0.15) is 36.4 Å². The molecule has 1 N–H and O–H groups in total. The van der Waals surface area contributed by atoms with Crippen LogP contribution in [0, 0.1) is 0 Å². The van der Waals surface area contributed by atoms with E-state index in [0.29, 0.717) is 12.5 Å². The van der Waals surface area contributed by atoms with Gasteiger partial charge in [0.2, 0.25) is 6.79 Å². The van der Waals surface area contributed by atoms with Gasteiger partial charge >= 0.3 is 6.03 Å². The van der Waals surface area contributed by atoms with Crippen molar-refractivity contribution >= 4 is 11.8 Å². The summed E-state index contributed by atoms with van der Waals surface area (Å²) in [4.78, 5) is 14.1. The molecule has 0 unspecified atom stereocenters. The molecule has 1 aliphatic carbocycles. The van der Waals surface area contributed by atoms with Crippen LogP contribution in [0.2, 0.25) is 0 Å². The molecule has 132 valence electrons. The summed E-state index contributed by atoms with van der Waals surface area (Å²) in [5.41, 5.74) is 2.06. The van der Waals surface area contributed by atoms with Gasteiger partial charge in [-0.15, -0.1) is 0 Å². The molecule has 1 saturated carbocycles. The number of rotatable bonds is 4. The second-order valence-electron chi connectivity index (χ2n) is 6.68. The zero-order valence-electron chi connectivity index (χ0n) is 14.5. The summed E-state index contributed by atoms with van der Waals surface area (Å²) in [5, 5.41) is 7.46. The second-order valence-corrected chi connectivity index (χ2v) is 6.68. The number of aromatic nitrogens is 2. The topological polar surface area (TPSA) is 68.6 Å². The normalized spacial score (nSPS) is 15.8. The molecule has 7 nitrogen and oxygen atoms in total. The minimum Gasteiger partial charge on any atom is -0.454 e. The highest BCUT2D eigenvalue weighted by atomic mass is 16.7. The van der Waals surface area contributed by atoms with Crippen molar-refractivity contribution in [1.82, 2.24) is 14.7 Å². The number of ether oxygens (including phenoxy) is 2. The summed E-state index contributed by atoms with van der Waals surface area (Å²) in [6, 6.07) is 7.54. The average Bonchev–Trinajstić information content (AvgIpc) is 3.12. The molecule has 2 aromatic rings. The van der Waals surface area contributed by atoms with Crippen LogP contribution in [0.3, 0.4) is 0 Å². The molecule has 25 heavy (non-hydrogen) atoms. The van der Waals surface area contributed by atoms with Crippen LogP contribution in [0.4, 0.5) is 10.6 Å². The van der Waals surface area contributed by atoms with Crippen molar-refractivity contribution in [3.8, 4) is 11.5 Å². The zero-order valence-corrected chi connectivity index (χ0v) is 14.5. The van der Waals surface area contributed by atoms with E-state index in [1.165, 1.54) is 19.3 Å². The van der Waals surface area contributed by atoms with Gasteiger partial charge in [-0.25, -0.2) is 4.79 Å². The van der Waals surface area contributed by atoms with Gasteiger partial charge in [-0.2, -0.15) is 5.10 Å². The third kappa shape index (κ3) is 3.14. The van der Waals surface area contributed by atoms with E-state index in [2.05, 4.69) is 10.4 Å². The van der Waals surface area contributed by atoms with Crippen molar-refractivity contribution < 1.29 is 14.3 Å². The molecular weight excluding hydrogens is 320 g/mol. The van der Waals surface area contributed by atoms with Crippen molar-refractivity contribution in [3.05, 3.63) is 35.5 Å². The van der Waals surface area contributed by atoms with E-state index in [1.807, 2.05) is 31.3 Å². The van der Waals surface area contributed by atoms with Gasteiger partial charge in [0.05, 0.1) is 5.69 Å². The molecule has 7 heteroatoms. The van der Waals surface area contributed by atoms with Gasteiger partial charge in [0, 0.05) is 32.6 Å². The molecule has 4 rings (SSSR count). The predicted octanol–water partition coefficient (Wildman–Crippen LogP) is 3.08. The molecule has 2 heterocycles. The lowest BCUT2D eigenvalue weighted by Gasteiger charge is -2.22. The monoisotopic (exact) mass is 342 g/mol. The Kier molecular flexibility index (Phi) is 3.99. The SMILES string of the molecule is CN(Cc1ccc2c(c1)OCO2)C(=O)Nc1cc(C2CCC2)nn1C. The molecule has 0 saturated heterocycles. The van der Waals surface area contributed by atoms with Crippen molar-refractivity contribution in [3.63, 3.8) is 0 Å². The molecule has 1 aliphatic heterocycles. The molecule has 2 amide bonds. The summed E-state index contributed by atoms with van der Waals surface area (Å²) in [6.07, 6.45) is 3.64. The molecule has 1 aromatic heterocycles. The van der Waals surface area contributed by atoms with E-state index < -0.39 is 0 Å². The first-order chi connectivity index (χ1) is 12.1. The first-order valence-corrected chi connectivity index (χ1v) is 8.55. The molecule has 0 atom stereocenters. The van der Waals surface area contributed by atoms with Crippen molar-refractivity contribution in [2.45, 2.75) is 31.7 Å². The van der Waals surface area contributed by atoms with Crippen molar-refractivity contribution in [2.75, 3.05) is 19.2 Å². The number of hydrogen-bond acceptors (Lipinski definition) is 4. The number of nitrogens with one attached hydrogen (secondary N) is 1. The average molecular weight is 342 g/mol. The number of fused-ring (bicyclic) bond motifs is 1. The van der Waals surface area contributed by atoms with Gasteiger partial charge in [0.1, 0.15) is 5.82 Å². The highest BCUT2D eigenvalue weighted by molar-refractivity contribution is 5.88. The molecule has 0 radical (unpaired) electrons. The van der Waals surface area contributed by atoms with Gasteiger partial charge in [-0.3, -0.25) is 10.00 Å². The standard InChI is InChI=1S/C18H22N4O3/c1-21(10-12-6-7-15-16(8-12)25-11-24-15)18(23)19-17-9-14(20-22(17)2)13-4-3-5-13/h6-9,13H,3-5,10-11H2,1-2H3,(H,19,23). The quantitative estimate of drug-likeness (QED) is 0.927. The fourth-order valence-electron chi connectivity index (χ4n) is 3.10. The lowest BCUT2D eigenvalue weighted by Crippen LogP contribution is -2.31. The lowest BCUT2D eigenvalue weighted by atomic mass is 9.83. The number of hydrogen-bond donors (Lipinski definition) is 1. The second kappa shape index (κ2) is 6.31. The smallest absolute Gasteiger partial charge is 0.323 e. The van der Waals surface area contributed by atoms with E-state index in [1.54, 1.807) is 16.6 Å². The van der Waals surface area contributed by atoms with Crippen LogP contribution in [0.15, 0.2) is 24.3 Å². The Morgan fingerprint density at radius 2 is 2.12 bits per heavy atom. The largest absolute Gasteiger partial charge is 0.454 e. The van der Waals surface area contributed by atoms with Crippen LogP contribution in [-0.4, -0.2) is 34.6 Å². The number of amides is 2. The Morgan fingerprint density at radius 3 is 2.88 bits per heavy atom. The maximum atomic E-state index is 12.5. The van der Waals surface area contributed by atoms with E-state index in [0.717, 1.165) is 28.6 Å². The van der Waals surface area contributed by atoms with E-state index >= 15 is 0 Å². The summed E-state index contributed by atoms with van der Waals surface area (Å²) in [5.74, 6) is 2.74. The van der Waals surface area contributed by atoms with Crippen LogP contribution in [-0.2, 0) is 13.6 Å². The molecule has 0 bridgehead atoms. The highest BCUT2D eigenvalue weighted by Gasteiger charge is 2.23. The third-order valence-electron chi connectivity index (χ3n) is 4.86. The van der Waals surface area contributed by atoms with Crippen LogP contribution < -0.4 is 14.8 Å². The number of urea groups is 1. The number of carbonyl (C=O) groups excluding carboxylic acids is 1. The Labute approximate surface area is 146 Å². The van der Waals surface area contributed by atoms with Gasteiger partial charge in [-0.1, -0.05) is 12.5 Å². The Morgan fingerprint density at radius 1 is 1.32 bits per heavy atom.